The summed E-state index contributed by atoms with van der Waals surface area (Å²) in [4.78, 5) is 0. The number of hydrogen-bond donors (Lipinski definition) is 0. The van der Waals surface area contributed by atoms with Crippen LogP contribution in [0.15, 0.2) is 174 Å². The lowest BCUT2D eigenvalue weighted by Crippen LogP contribution is -1.96. The number of rotatable bonds is 6. The molecule has 0 atom stereocenters. The molecule has 56 heavy (non-hydrogen) atoms. The maximum absolute atomic E-state index is 6.27. The lowest BCUT2D eigenvalue weighted by atomic mass is 10.1. The standard InChI is InChI=1S/C52H37N3O/c1-2-3-12-33-21-23-34(24-22-33)53-44-17-8-5-14-38(44)42-31-35(25-28-47(42)53)54-46-19-10-6-16-41(46)51-48(54)29-27-40-37-13-4-9-18-45(37)55(52(40)51)36-26-30-50-43(32-36)39-15-7-11-20-49(39)56-50/h4-11,13-32H,2-3,12H2,1H3. The third kappa shape index (κ3) is 4.41. The minimum Gasteiger partial charge on any atom is -0.456 e. The SMILES string of the molecule is CCCCc1ccc(-n2c3ccccc3c3cc(-n4c5ccccc5c5c4ccc4c6ccccc6n(-c6ccc7oc8ccccc8c7c6)c45)ccc32)cc1. The molecule has 0 aliphatic carbocycles. The van der Waals surface area contributed by atoms with Crippen LogP contribution in [0.1, 0.15) is 25.3 Å². The minimum absolute atomic E-state index is 0.901. The second-order valence-electron chi connectivity index (χ2n) is 15.2. The molecule has 8 aromatic carbocycles. The third-order valence-electron chi connectivity index (χ3n) is 12.0. The molecule has 0 fully saturated rings. The third-order valence-corrected chi connectivity index (χ3v) is 12.0. The van der Waals surface area contributed by atoms with Crippen LogP contribution in [0.2, 0.25) is 0 Å². The smallest absolute Gasteiger partial charge is 0.135 e. The molecule has 0 bridgehead atoms. The quantitative estimate of drug-likeness (QED) is 0.168. The predicted octanol–water partition coefficient (Wildman–Crippen LogP) is 14.2. The highest BCUT2D eigenvalue weighted by molar-refractivity contribution is 6.26. The first-order valence-corrected chi connectivity index (χ1v) is 19.7. The van der Waals surface area contributed by atoms with E-state index in [4.69, 9.17) is 4.42 Å². The van der Waals surface area contributed by atoms with E-state index in [1.165, 1.54) is 89.5 Å². The van der Waals surface area contributed by atoms with Gasteiger partial charge in [-0.15, -0.1) is 0 Å². The topological polar surface area (TPSA) is 27.9 Å². The second-order valence-corrected chi connectivity index (χ2v) is 15.2. The van der Waals surface area contributed by atoms with E-state index in [0.29, 0.717) is 0 Å². The van der Waals surface area contributed by atoms with E-state index in [1.807, 2.05) is 6.07 Å². The van der Waals surface area contributed by atoms with Crippen molar-refractivity contribution in [2.45, 2.75) is 26.2 Å². The fourth-order valence-corrected chi connectivity index (χ4v) is 9.48. The fourth-order valence-electron chi connectivity index (χ4n) is 9.48. The van der Waals surface area contributed by atoms with Gasteiger partial charge in [-0.3, -0.25) is 0 Å². The Morgan fingerprint density at radius 3 is 1.71 bits per heavy atom. The van der Waals surface area contributed by atoms with Crippen molar-refractivity contribution in [1.29, 1.82) is 0 Å². The molecule has 0 aliphatic heterocycles. The van der Waals surface area contributed by atoms with Crippen molar-refractivity contribution >= 4 is 87.4 Å². The number of para-hydroxylation sites is 4. The average molecular weight is 720 g/mol. The summed E-state index contributed by atoms with van der Waals surface area (Å²) in [5.41, 5.74) is 13.9. The molecule has 266 valence electrons. The molecule has 0 aliphatic rings. The van der Waals surface area contributed by atoms with Crippen molar-refractivity contribution in [2.24, 2.45) is 0 Å². The maximum Gasteiger partial charge on any atom is 0.135 e. The van der Waals surface area contributed by atoms with Gasteiger partial charge in [0.25, 0.3) is 0 Å². The van der Waals surface area contributed by atoms with Gasteiger partial charge in [0, 0.05) is 60.2 Å². The first kappa shape index (κ1) is 31.3. The molecule has 12 aromatic rings. The van der Waals surface area contributed by atoms with Crippen molar-refractivity contribution in [3.63, 3.8) is 0 Å². The van der Waals surface area contributed by atoms with Crippen molar-refractivity contribution < 1.29 is 4.42 Å². The van der Waals surface area contributed by atoms with Crippen molar-refractivity contribution in [3.05, 3.63) is 175 Å². The number of nitrogens with zero attached hydrogens (tertiary/aromatic N) is 3. The van der Waals surface area contributed by atoms with E-state index in [1.54, 1.807) is 0 Å². The summed E-state index contributed by atoms with van der Waals surface area (Å²) in [5, 5.41) is 9.72. The van der Waals surface area contributed by atoms with Gasteiger partial charge in [-0.2, -0.15) is 0 Å². The number of fused-ring (bicyclic) bond motifs is 13. The van der Waals surface area contributed by atoms with Crippen LogP contribution < -0.4 is 0 Å². The number of aromatic nitrogens is 3. The minimum atomic E-state index is 0.901. The van der Waals surface area contributed by atoms with Crippen molar-refractivity contribution in [2.75, 3.05) is 0 Å². The van der Waals surface area contributed by atoms with Crippen LogP contribution in [0.25, 0.3) is 104 Å². The van der Waals surface area contributed by atoms with Crippen LogP contribution in [-0.4, -0.2) is 13.7 Å². The van der Waals surface area contributed by atoms with Gasteiger partial charge in [-0.05, 0) is 97.3 Å². The predicted molar refractivity (Wildman–Crippen MR) is 235 cm³/mol. The van der Waals surface area contributed by atoms with Crippen LogP contribution >= 0.6 is 0 Å². The molecule has 0 saturated carbocycles. The van der Waals surface area contributed by atoms with E-state index in [2.05, 4.69) is 184 Å². The summed E-state index contributed by atoms with van der Waals surface area (Å²) >= 11 is 0. The first-order chi connectivity index (χ1) is 27.7. The zero-order valence-corrected chi connectivity index (χ0v) is 31.0. The van der Waals surface area contributed by atoms with Gasteiger partial charge >= 0.3 is 0 Å². The zero-order chi connectivity index (χ0) is 36.9. The molecule has 12 rings (SSSR count). The molecule has 0 radical (unpaired) electrons. The molecule has 0 spiro atoms. The van der Waals surface area contributed by atoms with Gasteiger partial charge in [0.15, 0.2) is 0 Å². The number of aryl methyl sites for hydroxylation is 1. The lowest BCUT2D eigenvalue weighted by Gasteiger charge is -2.11. The molecular formula is C52H37N3O. The van der Waals surface area contributed by atoms with Crippen molar-refractivity contribution in [3.8, 4) is 17.1 Å². The normalized spacial score (nSPS) is 12.2. The van der Waals surface area contributed by atoms with Gasteiger partial charge in [-0.1, -0.05) is 104 Å². The van der Waals surface area contributed by atoms with Crippen LogP contribution in [0.4, 0.5) is 0 Å². The second kappa shape index (κ2) is 12.0. The van der Waals surface area contributed by atoms with Crippen LogP contribution in [0.3, 0.4) is 0 Å². The summed E-state index contributed by atoms with van der Waals surface area (Å²) in [5.74, 6) is 0. The average Bonchev–Trinajstić information content (AvgIpc) is 3.99. The highest BCUT2D eigenvalue weighted by Crippen LogP contribution is 2.43. The van der Waals surface area contributed by atoms with Gasteiger partial charge in [-0.25, -0.2) is 0 Å². The molecule has 0 amide bonds. The van der Waals surface area contributed by atoms with E-state index >= 15 is 0 Å². The summed E-state index contributed by atoms with van der Waals surface area (Å²) < 4.78 is 13.6. The Labute approximate surface area is 323 Å². The molecule has 0 unspecified atom stereocenters. The Hall–Kier alpha value is -7.04. The molecule has 4 heteroatoms. The number of hydrogen-bond acceptors (Lipinski definition) is 1. The van der Waals surface area contributed by atoms with Crippen LogP contribution in [0.5, 0.6) is 0 Å². The van der Waals surface area contributed by atoms with E-state index in [-0.39, 0.29) is 0 Å². The summed E-state index contributed by atoms with van der Waals surface area (Å²) in [6, 6.07) is 62.3. The highest BCUT2D eigenvalue weighted by Gasteiger charge is 2.22. The van der Waals surface area contributed by atoms with Crippen LogP contribution in [0, 0.1) is 0 Å². The van der Waals surface area contributed by atoms with Crippen LogP contribution in [-0.2, 0) is 6.42 Å². The van der Waals surface area contributed by atoms with Gasteiger partial charge in [0.05, 0.1) is 33.1 Å². The number of unbranched alkanes of at least 4 members (excludes halogenated alkanes) is 1. The zero-order valence-electron chi connectivity index (χ0n) is 31.0. The van der Waals surface area contributed by atoms with Gasteiger partial charge in [0.2, 0.25) is 0 Å². The summed E-state index contributed by atoms with van der Waals surface area (Å²) in [6.07, 6.45) is 3.54. The molecule has 4 nitrogen and oxygen atoms in total. The largest absolute Gasteiger partial charge is 0.456 e. The monoisotopic (exact) mass is 719 g/mol. The number of furan rings is 1. The number of benzene rings is 8. The van der Waals surface area contributed by atoms with Gasteiger partial charge < -0.3 is 18.1 Å². The van der Waals surface area contributed by atoms with E-state index in [0.717, 1.165) is 39.7 Å². The van der Waals surface area contributed by atoms with E-state index in [9.17, 15) is 0 Å². The van der Waals surface area contributed by atoms with E-state index < -0.39 is 0 Å². The molecule has 4 aromatic heterocycles. The molecular weight excluding hydrogens is 683 g/mol. The Balaban J connectivity index is 1.12. The Kier molecular flexibility index (Phi) is 6.70. The Morgan fingerprint density at radius 2 is 0.929 bits per heavy atom. The Morgan fingerprint density at radius 1 is 0.393 bits per heavy atom. The Bertz CT molecular complexity index is 3520. The first-order valence-electron chi connectivity index (χ1n) is 19.7. The lowest BCUT2D eigenvalue weighted by molar-refractivity contribution is 0.669. The fraction of sp³-hybridized carbons (Fsp3) is 0.0769. The highest BCUT2D eigenvalue weighted by atomic mass is 16.3. The van der Waals surface area contributed by atoms with Crippen molar-refractivity contribution in [1.82, 2.24) is 13.7 Å². The maximum atomic E-state index is 6.27. The molecule has 0 N–H and O–H groups in total. The van der Waals surface area contributed by atoms with Gasteiger partial charge in [0.1, 0.15) is 11.2 Å². The summed E-state index contributed by atoms with van der Waals surface area (Å²) in [6.45, 7) is 2.25. The molecule has 0 saturated heterocycles. The molecule has 4 heterocycles. The summed E-state index contributed by atoms with van der Waals surface area (Å²) in [7, 11) is 0.